The maximum absolute atomic E-state index is 12.2. The van der Waals surface area contributed by atoms with Crippen LogP contribution < -0.4 is 0 Å². The van der Waals surface area contributed by atoms with Gasteiger partial charge >= 0.3 is 0 Å². The Kier molecular flexibility index (Phi) is 2.63. The summed E-state index contributed by atoms with van der Waals surface area (Å²) in [5.41, 5.74) is 0.0911. The molecular formula is C12H15N3O2. The Balaban J connectivity index is 2.63. The van der Waals surface area contributed by atoms with E-state index in [-0.39, 0.29) is 5.84 Å². The highest BCUT2D eigenvalue weighted by Crippen LogP contribution is 2.24. The van der Waals surface area contributed by atoms with Gasteiger partial charge in [-0.1, -0.05) is 18.2 Å². The molecule has 17 heavy (non-hydrogen) atoms. The molecule has 1 heterocycles. The third-order valence-electron chi connectivity index (χ3n) is 2.89. The molecule has 2 rings (SSSR count). The Bertz CT molecular complexity index is 492. The highest BCUT2D eigenvalue weighted by atomic mass is 16.6. The standard InChI is InChI=1S/C12H15N3O2/c1-12(2)14(16)10(11(13-3)15(12)17)9-7-5-4-6-8-9/h4-8,17H,1-3H3. The fourth-order valence-corrected chi connectivity index (χ4v) is 1.85. The zero-order valence-corrected chi connectivity index (χ0v) is 10.1. The lowest BCUT2D eigenvalue weighted by Gasteiger charge is -2.23. The summed E-state index contributed by atoms with van der Waals surface area (Å²) in [7, 11) is 1.55. The number of amidine groups is 1. The van der Waals surface area contributed by atoms with E-state index in [0.29, 0.717) is 5.71 Å². The van der Waals surface area contributed by atoms with Crippen LogP contribution in [-0.4, -0.2) is 39.3 Å². The summed E-state index contributed by atoms with van der Waals surface area (Å²) >= 11 is 0. The minimum absolute atomic E-state index is 0.288. The zero-order valence-electron chi connectivity index (χ0n) is 10.1. The summed E-state index contributed by atoms with van der Waals surface area (Å²) in [5, 5.41) is 23.1. The van der Waals surface area contributed by atoms with Crippen molar-refractivity contribution in [2.24, 2.45) is 4.99 Å². The highest BCUT2D eigenvalue weighted by molar-refractivity contribution is 6.46. The Morgan fingerprint density at radius 2 is 1.88 bits per heavy atom. The molecule has 1 aromatic rings. The summed E-state index contributed by atoms with van der Waals surface area (Å²) in [6.45, 7) is 3.28. The van der Waals surface area contributed by atoms with Crippen molar-refractivity contribution in [3.05, 3.63) is 41.1 Å². The maximum Gasteiger partial charge on any atom is 0.267 e. The average molecular weight is 233 g/mol. The molecule has 0 radical (unpaired) electrons. The van der Waals surface area contributed by atoms with Crippen LogP contribution >= 0.6 is 0 Å². The minimum atomic E-state index is -1.04. The molecule has 0 fully saturated rings. The van der Waals surface area contributed by atoms with Gasteiger partial charge in [-0.2, -0.15) is 9.80 Å². The molecule has 0 spiro atoms. The molecular weight excluding hydrogens is 218 g/mol. The van der Waals surface area contributed by atoms with Crippen LogP contribution in [0.4, 0.5) is 0 Å². The van der Waals surface area contributed by atoms with Crippen LogP contribution in [0.15, 0.2) is 35.3 Å². The van der Waals surface area contributed by atoms with E-state index in [1.807, 2.05) is 30.3 Å². The first-order chi connectivity index (χ1) is 8.00. The Labute approximate surface area is 99.9 Å². The van der Waals surface area contributed by atoms with E-state index in [0.717, 1.165) is 15.4 Å². The van der Waals surface area contributed by atoms with Crippen molar-refractivity contribution in [1.82, 2.24) is 5.06 Å². The van der Waals surface area contributed by atoms with Crippen LogP contribution in [0.2, 0.25) is 0 Å². The van der Waals surface area contributed by atoms with Gasteiger partial charge < -0.3 is 5.21 Å². The van der Waals surface area contributed by atoms with Crippen LogP contribution in [0.1, 0.15) is 19.4 Å². The Morgan fingerprint density at radius 3 is 2.41 bits per heavy atom. The molecule has 1 aromatic carbocycles. The maximum atomic E-state index is 12.2. The lowest BCUT2D eigenvalue weighted by molar-refractivity contribution is -0.575. The third kappa shape index (κ3) is 1.59. The smallest absolute Gasteiger partial charge is 0.267 e. The lowest BCUT2D eigenvalue weighted by Crippen LogP contribution is -2.44. The Morgan fingerprint density at radius 1 is 1.29 bits per heavy atom. The number of hydroxylamine groups is 3. The van der Waals surface area contributed by atoms with E-state index >= 15 is 0 Å². The van der Waals surface area contributed by atoms with Crippen molar-refractivity contribution in [2.45, 2.75) is 19.5 Å². The van der Waals surface area contributed by atoms with Gasteiger partial charge in [0.2, 0.25) is 5.84 Å². The quantitative estimate of drug-likeness (QED) is 0.590. The molecule has 5 nitrogen and oxygen atoms in total. The SMILES string of the molecule is CN=C1C(c2ccccc2)=[N+]([O-])C(C)(C)N1O. The van der Waals surface area contributed by atoms with Crippen molar-refractivity contribution in [1.29, 1.82) is 0 Å². The summed E-state index contributed by atoms with van der Waals surface area (Å²) < 4.78 is 0.782. The lowest BCUT2D eigenvalue weighted by atomic mass is 10.1. The van der Waals surface area contributed by atoms with Gasteiger partial charge in [-0.15, -0.1) is 0 Å². The molecule has 0 unspecified atom stereocenters. The molecule has 0 aromatic heterocycles. The second-order valence-electron chi connectivity index (χ2n) is 4.36. The number of benzene rings is 1. The van der Waals surface area contributed by atoms with Crippen LogP contribution in [0, 0.1) is 5.21 Å². The first kappa shape index (κ1) is 11.6. The van der Waals surface area contributed by atoms with E-state index in [4.69, 9.17) is 0 Å². The minimum Gasteiger partial charge on any atom is -0.621 e. The van der Waals surface area contributed by atoms with Gasteiger partial charge in [0, 0.05) is 20.9 Å². The molecule has 1 N–H and O–H groups in total. The second kappa shape index (κ2) is 3.85. The fraction of sp³-hybridized carbons (Fsp3) is 0.333. The van der Waals surface area contributed by atoms with Crippen LogP contribution in [-0.2, 0) is 0 Å². The first-order valence-electron chi connectivity index (χ1n) is 5.36. The summed E-state index contributed by atoms with van der Waals surface area (Å²) in [6.07, 6.45) is 0. The molecule has 0 aliphatic carbocycles. The van der Waals surface area contributed by atoms with Crippen molar-refractivity contribution in [3.63, 3.8) is 0 Å². The van der Waals surface area contributed by atoms with Crippen LogP contribution in [0.3, 0.4) is 0 Å². The van der Waals surface area contributed by atoms with Crippen LogP contribution in [0.25, 0.3) is 0 Å². The molecule has 90 valence electrons. The van der Waals surface area contributed by atoms with Gasteiger partial charge in [0.05, 0.1) is 5.56 Å². The zero-order chi connectivity index (χ0) is 12.6. The molecule has 0 atom stereocenters. The van der Waals surface area contributed by atoms with Gasteiger partial charge in [0.25, 0.3) is 11.4 Å². The van der Waals surface area contributed by atoms with Gasteiger partial charge in [-0.25, -0.2) is 0 Å². The average Bonchev–Trinajstić information content (AvgIpc) is 2.51. The largest absolute Gasteiger partial charge is 0.621 e. The molecule has 1 aliphatic rings. The predicted octanol–water partition coefficient (Wildman–Crippen LogP) is 1.46. The van der Waals surface area contributed by atoms with E-state index in [1.54, 1.807) is 20.9 Å². The summed E-state index contributed by atoms with van der Waals surface area (Å²) in [6, 6.07) is 9.20. The van der Waals surface area contributed by atoms with E-state index in [2.05, 4.69) is 4.99 Å². The van der Waals surface area contributed by atoms with Crippen molar-refractivity contribution < 1.29 is 9.95 Å². The number of nitrogens with zero attached hydrogens (tertiary/aromatic N) is 3. The molecule has 0 bridgehead atoms. The van der Waals surface area contributed by atoms with Gasteiger partial charge in [0.1, 0.15) is 0 Å². The Hall–Kier alpha value is -1.88. The number of hydrogen-bond acceptors (Lipinski definition) is 3. The number of rotatable bonds is 1. The topological polar surface area (TPSA) is 61.9 Å². The number of aliphatic imine (C=N–C) groups is 1. The summed E-state index contributed by atoms with van der Waals surface area (Å²) in [5.74, 6) is 0.288. The van der Waals surface area contributed by atoms with E-state index in [1.165, 1.54) is 0 Å². The van der Waals surface area contributed by atoms with Gasteiger partial charge in [-0.3, -0.25) is 10.2 Å². The molecule has 0 saturated carbocycles. The predicted molar refractivity (Wildman–Crippen MR) is 65.2 cm³/mol. The first-order valence-corrected chi connectivity index (χ1v) is 5.36. The van der Waals surface area contributed by atoms with Gasteiger partial charge in [-0.05, 0) is 12.1 Å². The van der Waals surface area contributed by atoms with E-state index < -0.39 is 5.66 Å². The second-order valence-corrected chi connectivity index (χ2v) is 4.36. The number of hydrogen-bond donors (Lipinski definition) is 1. The summed E-state index contributed by atoms with van der Waals surface area (Å²) in [4.78, 5) is 3.99. The normalized spacial score (nSPS) is 21.4. The van der Waals surface area contributed by atoms with Crippen molar-refractivity contribution >= 4 is 11.5 Å². The molecule has 5 heteroatoms. The molecule has 0 saturated heterocycles. The molecule has 0 amide bonds. The monoisotopic (exact) mass is 233 g/mol. The molecule has 1 aliphatic heterocycles. The van der Waals surface area contributed by atoms with Crippen molar-refractivity contribution in [2.75, 3.05) is 7.05 Å². The fourth-order valence-electron chi connectivity index (χ4n) is 1.85. The van der Waals surface area contributed by atoms with Crippen molar-refractivity contribution in [3.8, 4) is 0 Å². The van der Waals surface area contributed by atoms with E-state index in [9.17, 15) is 10.4 Å². The van der Waals surface area contributed by atoms with Crippen LogP contribution in [0.5, 0.6) is 0 Å². The highest BCUT2D eigenvalue weighted by Gasteiger charge is 2.48. The third-order valence-corrected chi connectivity index (χ3v) is 2.89. The van der Waals surface area contributed by atoms with Gasteiger partial charge in [0.15, 0.2) is 0 Å².